The summed E-state index contributed by atoms with van der Waals surface area (Å²) in [4.78, 5) is 0. The highest BCUT2D eigenvalue weighted by Crippen LogP contribution is 2.23. The lowest BCUT2D eigenvalue weighted by atomic mass is 10.0. The summed E-state index contributed by atoms with van der Waals surface area (Å²) in [5.41, 5.74) is 1.01. The van der Waals surface area contributed by atoms with Crippen LogP contribution in [0.1, 0.15) is 63.5 Å². The maximum Gasteiger partial charge on any atom is 0.121 e. The summed E-state index contributed by atoms with van der Waals surface area (Å²) in [6.07, 6.45) is 8.57. The zero-order valence-corrected chi connectivity index (χ0v) is 13.0. The second-order valence-electron chi connectivity index (χ2n) is 5.84. The lowest BCUT2D eigenvalue weighted by Crippen LogP contribution is -2.31. The van der Waals surface area contributed by atoms with E-state index in [0.29, 0.717) is 6.04 Å². The molecule has 3 heteroatoms. The lowest BCUT2D eigenvalue weighted by Gasteiger charge is -2.21. The molecule has 0 amide bonds. The minimum absolute atomic E-state index is 0.238. The van der Waals surface area contributed by atoms with Crippen LogP contribution in [-0.4, -0.2) is 12.6 Å². The molecular weight excluding hydrogens is 260 g/mol. The third kappa shape index (κ3) is 5.06. The van der Waals surface area contributed by atoms with E-state index in [1.54, 1.807) is 0 Å². The minimum Gasteiger partial charge on any atom is -0.494 e. The first kappa shape index (κ1) is 15.9. The Balaban J connectivity index is 2.01. The number of benzene rings is 1. The van der Waals surface area contributed by atoms with Crippen LogP contribution in [0.25, 0.3) is 0 Å². The molecule has 1 aromatic carbocycles. The van der Waals surface area contributed by atoms with Gasteiger partial charge in [-0.05, 0) is 37.0 Å². The predicted molar refractivity (Wildman–Crippen MR) is 85.2 cm³/mol. The highest BCUT2D eigenvalue weighted by molar-refractivity contribution is 5.33. The number of ether oxygens (including phenoxy) is 1. The molecule has 1 fully saturated rings. The molecule has 1 aromatic rings. The van der Waals surface area contributed by atoms with E-state index >= 15 is 0 Å². The fraction of sp³-hybridized carbons (Fsp3) is 0.611. The standard InChI is InChI=1S/C18H26N2O/c1-2-12-21-17-11-7-8-15(13-17)18(14-19)20-16-9-5-3-4-6-10-16/h7-8,11,13,16,18,20H,2-6,9-10,12H2,1H3. The number of nitriles is 1. The molecule has 0 aromatic heterocycles. The summed E-state index contributed by atoms with van der Waals surface area (Å²) in [5, 5.41) is 13.0. The van der Waals surface area contributed by atoms with Gasteiger partial charge in [-0.3, -0.25) is 5.32 Å². The summed E-state index contributed by atoms with van der Waals surface area (Å²) in [7, 11) is 0. The van der Waals surface area contributed by atoms with Gasteiger partial charge < -0.3 is 4.74 Å². The Morgan fingerprint density at radius 2 is 2.05 bits per heavy atom. The predicted octanol–water partition coefficient (Wildman–Crippen LogP) is 4.35. The normalized spacial score (nSPS) is 17.7. The van der Waals surface area contributed by atoms with Gasteiger partial charge in [-0.15, -0.1) is 0 Å². The van der Waals surface area contributed by atoms with Gasteiger partial charge in [-0.25, -0.2) is 0 Å². The molecule has 3 nitrogen and oxygen atoms in total. The molecule has 0 spiro atoms. The highest BCUT2D eigenvalue weighted by Gasteiger charge is 2.18. The lowest BCUT2D eigenvalue weighted by molar-refractivity contribution is 0.316. The van der Waals surface area contributed by atoms with Gasteiger partial charge in [0.25, 0.3) is 0 Å². The third-order valence-corrected chi connectivity index (χ3v) is 4.05. The molecule has 1 N–H and O–H groups in total. The van der Waals surface area contributed by atoms with Crippen molar-refractivity contribution in [3.63, 3.8) is 0 Å². The van der Waals surface area contributed by atoms with Gasteiger partial charge in [-0.2, -0.15) is 5.26 Å². The van der Waals surface area contributed by atoms with Gasteiger partial charge in [0, 0.05) is 6.04 Å². The molecule has 0 aliphatic heterocycles. The van der Waals surface area contributed by atoms with Crippen LogP contribution in [-0.2, 0) is 0 Å². The maximum absolute atomic E-state index is 9.49. The van der Waals surface area contributed by atoms with Gasteiger partial charge in [0.15, 0.2) is 0 Å². The summed E-state index contributed by atoms with van der Waals surface area (Å²) < 4.78 is 5.66. The van der Waals surface area contributed by atoms with Crippen LogP contribution in [0.2, 0.25) is 0 Å². The Kier molecular flexibility index (Phi) is 6.56. The topological polar surface area (TPSA) is 45.0 Å². The quantitative estimate of drug-likeness (QED) is 0.791. The summed E-state index contributed by atoms with van der Waals surface area (Å²) in [6, 6.07) is 10.6. The molecule has 114 valence electrons. The van der Waals surface area contributed by atoms with Crippen molar-refractivity contribution < 1.29 is 4.74 Å². The summed E-state index contributed by atoms with van der Waals surface area (Å²) in [6.45, 7) is 2.81. The largest absolute Gasteiger partial charge is 0.494 e. The smallest absolute Gasteiger partial charge is 0.121 e. The second-order valence-corrected chi connectivity index (χ2v) is 5.84. The summed E-state index contributed by atoms with van der Waals surface area (Å²) >= 11 is 0. The van der Waals surface area contributed by atoms with Crippen molar-refractivity contribution in [3.05, 3.63) is 29.8 Å². The van der Waals surface area contributed by atoms with Crippen LogP contribution in [0.15, 0.2) is 24.3 Å². The molecule has 1 atom stereocenters. The molecule has 1 aliphatic carbocycles. The summed E-state index contributed by atoms with van der Waals surface area (Å²) in [5.74, 6) is 0.859. The molecule has 0 saturated heterocycles. The molecule has 1 aliphatic rings. The van der Waals surface area contributed by atoms with Crippen LogP contribution in [0.5, 0.6) is 5.75 Å². The van der Waals surface area contributed by atoms with E-state index in [0.717, 1.165) is 24.3 Å². The van der Waals surface area contributed by atoms with Crippen molar-refractivity contribution in [1.29, 1.82) is 5.26 Å². The van der Waals surface area contributed by atoms with Crippen molar-refractivity contribution in [2.24, 2.45) is 0 Å². The van der Waals surface area contributed by atoms with Crippen molar-refractivity contribution >= 4 is 0 Å². The SMILES string of the molecule is CCCOc1cccc(C(C#N)NC2CCCCCC2)c1. The van der Waals surface area contributed by atoms with Gasteiger partial charge in [0.2, 0.25) is 0 Å². The van der Waals surface area contributed by atoms with Crippen molar-refractivity contribution in [3.8, 4) is 11.8 Å². The molecule has 2 rings (SSSR count). The van der Waals surface area contributed by atoms with Crippen LogP contribution in [0.3, 0.4) is 0 Å². The Morgan fingerprint density at radius 1 is 1.29 bits per heavy atom. The van der Waals surface area contributed by atoms with Gasteiger partial charge >= 0.3 is 0 Å². The Morgan fingerprint density at radius 3 is 2.71 bits per heavy atom. The van der Waals surface area contributed by atoms with Crippen LogP contribution in [0.4, 0.5) is 0 Å². The van der Waals surface area contributed by atoms with Crippen LogP contribution in [0, 0.1) is 11.3 Å². The third-order valence-electron chi connectivity index (χ3n) is 4.05. The maximum atomic E-state index is 9.49. The fourth-order valence-electron chi connectivity index (χ4n) is 2.89. The molecule has 0 bridgehead atoms. The van der Waals surface area contributed by atoms with E-state index in [4.69, 9.17) is 4.74 Å². The van der Waals surface area contributed by atoms with E-state index < -0.39 is 0 Å². The first-order chi connectivity index (χ1) is 10.3. The molecule has 0 heterocycles. The van der Waals surface area contributed by atoms with Crippen LogP contribution < -0.4 is 10.1 Å². The Labute approximate surface area is 128 Å². The van der Waals surface area contributed by atoms with Crippen LogP contribution >= 0.6 is 0 Å². The average Bonchev–Trinajstić information content (AvgIpc) is 2.79. The molecule has 21 heavy (non-hydrogen) atoms. The minimum atomic E-state index is -0.238. The molecule has 1 saturated carbocycles. The molecule has 0 radical (unpaired) electrons. The molecular formula is C18H26N2O. The Hall–Kier alpha value is -1.53. The first-order valence-electron chi connectivity index (χ1n) is 8.22. The van der Waals surface area contributed by atoms with Crippen molar-refractivity contribution in [1.82, 2.24) is 5.32 Å². The zero-order valence-electron chi connectivity index (χ0n) is 13.0. The number of nitrogens with zero attached hydrogens (tertiary/aromatic N) is 1. The monoisotopic (exact) mass is 286 g/mol. The van der Waals surface area contributed by atoms with E-state index in [2.05, 4.69) is 18.3 Å². The average molecular weight is 286 g/mol. The Bertz CT molecular complexity index is 459. The zero-order chi connectivity index (χ0) is 14.9. The molecule has 1 unspecified atom stereocenters. The van der Waals surface area contributed by atoms with Gasteiger partial charge in [-0.1, -0.05) is 44.7 Å². The van der Waals surface area contributed by atoms with E-state index in [9.17, 15) is 5.26 Å². The number of nitrogens with one attached hydrogen (secondary N) is 1. The second kappa shape index (κ2) is 8.69. The number of hydrogen-bond donors (Lipinski definition) is 1. The van der Waals surface area contributed by atoms with Gasteiger partial charge in [0.1, 0.15) is 11.8 Å². The number of hydrogen-bond acceptors (Lipinski definition) is 3. The van der Waals surface area contributed by atoms with E-state index in [-0.39, 0.29) is 6.04 Å². The highest BCUT2D eigenvalue weighted by atomic mass is 16.5. The number of rotatable bonds is 6. The van der Waals surface area contributed by atoms with E-state index in [1.165, 1.54) is 38.5 Å². The van der Waals surface area contributed by atoms with E-state index in [1.807, 2.05) is 24.3 Å². The first-order valence-corrected chi connectivity index (χ1v) is 8.22. The van der Waals surface area contributed by atoms with Crippen molar-refractivity contribution in [2.45, 2.75) is 64.0 Å². The van der Waals surface area contributed by atoms with Crippen molar-refractivity contribution in [2.75, 3.05) is 6.61 Å². The fourth-order valence-corrected chi connectivity index (χ4v) is 2.89. The van der Waals surface area contributed by atoms with Gasteiger partial charge in [0.05, 0.1) is 12.7 Å².